The molecule has 21 heavy (non-hydrogen) atoms. The van der Waals surface area contributed by atoms with Crippen molar-refractivity contribution in [2.75, 3.05) is 19.7 Å². The van der Waals surface area contributed by atoms with Crippen LogP contribution in [0.3, 0.4) is 0 Å². The first-order chi connectivity index (χ1) is 9.76. The molecule has 1 saturated heterocycles. The minimum Gasteiger partial charge on any atom is -0.377 e. The number of nitrogens with zero attached hydrogens (tertiary/aromatic N) is 1. The molecule has 1 aliphatic carbocycles. The Labute approximate surface area is 126 Å². The van der Waals surface area contributed by atoms with Crippen LogP contribution in [0.2, 0.25) is 0 Å². The maximum absolute atomic E-state index is 13.0. The van der Waals surface area contributed by atoms with E-state index in [1.54, 1.807) is 0 Å². The van der Waals surface area contributed by atoms with Gasteiger partial charge in [0, 0.05) is 24.5 Å². The second-order valence-corrected chi connectivity index (χ2v) is 6.82. The molecule has 2 fully saturated rings. The monoisotopic (exact) mass is 297 g/mol. The normalized spacial score (nSPS) is 33.1. The van der Waals surface area contributed by atoms with Crippen LogP contribution in [0, 0.1) is 11.3 Å². The molecule has 0 aromatic heterocycles. The third-order valence-corrected chi connectivity index (χ3v) is 5.22. The molecule has 1 aliphatic heterocycles. The van der Waals surface area contributed by atoms with Crippen molar-refractivity contribution >= 4 is 11.8 Å². The van der Waals surface area contributed by atoms with Crippen LogP contribution in [-0.4, -0.2) is 48.1 Å². The lowest BCUT2D eigenvalue weighted by atomic mass is 9.47. The molecule has 6 nitrogen and oxygen atoms in total. The van der Waals surface area contributed by atoms with Gasteiger partial charge in [-0.05, 0) is 12.8 Å². The number of nitrogens with two attached hydrogens (primary N) is 2. The molecule has 2 aliphatic rings. The van der Waals surface area contributed by atoms with Gasteiger partial charge in [0.05, 0.1) is 12.6 Å². The van der Waals surface area contributed by atoms with Crippen LogP contribution < -0.4 is 11.5 Å². The van der Waals surface area contributed by atoms with E-state index in [0.717, 1.165) is 19.3 Å². The first-order valence-electron chi connectivity index (χ1n) is 7.75. The highest BCUT2D eigenvalue weighted by Crippen LogP contribution is 2.58. The molecule has 6 heteroatoms. The fraction of sp³-hybridized carbons (Fsp3) is 0.867. The molecular weight excluding hydrogens is 270 g/mol. The summed E-state index contributed by atoms with van der Waals surface area (Å²) in [5, 5.41) is 0. The van der Waals surface area contributed by atoms with Crippen LogP contribution in [0.1, 0.15) is 40.0 Å². The van der Waals surface area contributed by atoms with Crippen molar-refractivity contribution < 1.29 is 14.3 Å². The SMILES string of the molecule is CCCCN(CC(N)=O)C(=O)C1(N)C2CCOC2C1(C)C. The number of rotatable bonds is 6. The molecule has 3 unspecified atom stereocenters. The van der Waals surface area contributed by atoms with E-state index in [4.69, 9.17) is 16.2 Å². The van der Waals surface area contributed by atoms with E-state index >= 15 is 0 Å². The Kier molecular flexibility index (Phi) is 4.31. The standard InChI is InChI=1S/C15H27N3O3/c1-4-5-7-18(9-11(16)19)13(20)15(17)10-6-8-21-12(10)14(15,2)3/h10,12H,4-9,17H2,1-3H3,(H2,16,19). The molecular formula is C15H27N3O3. The Balaban J connectivity index is 2.20. The molecule has 3 atom stereocenters. The van der Waals surface area contributed by atoms with Crippen molar-refractivity contribution in [1.82, 2.24) is 4.90 Å². The van der Waals surface area contributed by atoms with Gasteiger partial charge in [0.25, 0.3) is 0 Å². The number of fused-ring (bicyclic) bond motifs is 1. The number of amides is 2. The van der Waals surface area contributed by atoms with Crippen LogP contribution in [0.4, 0.5) is 0 Å². The maximum atomic E-state index is 13.0. The lowest BCUT2D eigenvalue weighted by Gasteiger charge is -2.61. The summed E-state index contributed by atoms with van der Waals surface area (Å²) in [7, 11) is 0. The third kappa shape index (κ3) is 2.34. The number of hydrogen-bond acceptors (Lipinski definition) is 4. The van der Waals surface area contributed by atoms with Gasteiger partial charge in [-0.3, -0.25) is 9.59 Å². The van der Waals surface area contributed by atoms with Gasteiger partial charge in [-0.25, -0.2) is 0 Å². The van der Waals surface area contributed by atoms with Crippen LogP contribution in [0.15, 0.2) is 0 Å². The van der Waals surface area contributed by atoms with E-state index in [-0.39, 0.29) is 24.5 Å². The van der Waals surface area contributed by atoms with Crippen LogP contribution in [0.25, 0.3) is 0 Å². The molecule has 0 spiro atoms. The fourth-order valence-corrected chi connectivity index (χ4v) is 3.87. The summed E-state index contributed by atoms with van der Waals surface area (Å²) in [4.78, 5) is 25.8. The van der Waals surface area contributed by atoms with Gasteiger partial charge in [0.15, 0.2) is 0 Å². The zero-order valence-corrected chi connectivity index (χ0v) is 13.2. The molecule has 120 valence electrons. The van der Waals surface area contributed by atoms with Crippen LogP contribution in [0.5, 0.6) is 0 Å². The van der Waals surface area contributed by atoms with E-state index in [1.807, 2.05) is 20.8 Å². The van der Waals surface area contributed by atoms with Crippen molar-refractivity contribution in [2.24, 2.45) is 22.8 Å². The van der Waals surface area contributed by atoms with Crippen molar-refractivity contribution in [3.05, 3.63) is 0 Å². The minimum atomic E-state index is -0.961. The Morgan fingerprint density at radius 3 is 2.62 bits per heavy atom. The topological polar surface area (TPSA) is 98.7 Å². The number of primary amides is 1. The lowest BCUT2D eigenvalue weighted by molar-refractivity contribution is -0.184. The highest BCUT2D eigenvalue weighted by atomic mass is 16.5. The lowest BCUT2D eigenvalue weighted by Crippen LogP contribution is -2.80. The molecule has 1 saturated carbocycles. The van der Waals surface area contributed by atoms with Gasteiger partial charge in [-0.15, -0.1) is 0 Å². The maximum Gasteiger partial charge on any atom is 0.244 e. The number of unbranched alkanes of at least 4 members (excludes halogenated alkanes) is 1. The predicted octanol–water partition coefficient (Wildman–Crippen LogP) is 0.243. The van der Waals surface area contributed by atoms with Gasteiger partial charge in [-0.1, -0.05) is 27.2 Å². The summed E-state index contributed by atoms with van der Waals surface area (Å²) < 4.78 is 5.71. The number of carbonyl (C=O) groups is 2. The summed E-state index contributed by atoms with van der Waals surface area (Å²) in [6.45, 7) is 7.09. The van der Waals surface area contributed by atoms with Gasteiger partial charge in [0.2, 0.25) is 11.8 Å². The Bertz CT molecular complexity index is 438. The van der Waals surface area contributed by atoms with Gasteiger partial charge in [0.1, 0.15) is 5.54 Å². The number of hydrogen-bond donors (Lipinski definition) is 2. The van der Waals surface area contributed by atoms with Crippen molar-refractivity contribution in [3.8, 4) is 0 Å². The van der Waals surface area contributed by atoms with E-state index in [9.17, 15) is 9.59 Å². The van der Waals surface area contributed by atoms with Crippen molar-refractivity contribution in [3.63, 3.8) is 0 Å². The molecule has 0 aromatic carbocycles. The molecule has 1 heterocycles. The Hall–Kier alpha value is -1.14. The van der Waals surface area contributed by atoms with E-state index in [1.165, 1.54) is 4.90 Å². The van der Waals surface area contributed by atoms with Gasteiger partial charge >= 0.3 is 0 Å². The average Bonchev–Trinajstić information content (AvgIpc) is 2.89. The summed E-state index contributed by atoms with van der Waals surface area (Å²) >= 11 is 0. The quantitative estimate of drug-likeness (QED) is 0.734. The van der Waals surface area contributed by atoms with Crippen molar-refractivity contribution in [2.45, 2.75) is 51.7 Å². The average molecular weight is 297 g/mol. The second-order valence-electron chi connectivity index (χ2n) is 6.82. The molecule has 4 N–H and O–H groups in total. The molecule has 0 aromatic rings. The highest BCUT2D eigenvalue weighted by molar-refractivity contribution is 5.92. The van der Waals surface area contributed by atoms with Crippen LogP contribution in [-0.2, 0) is 14.3 Å². The van der Waals surface area contributed by atoms with E-state index in [2.05, 4.69) is 0 Å². The summed E-state index contributed by atoms with van der Waals surface area (Å²) in [6, 6.07) is 0. The summed E-state index contributed by atoms with van der Waals surface area (Å²) in [5.41, 5.74) is 10.4. The molecule has 0 bridgehead atoms. The van der Waals surface area contributed by atoms with Gasteiger partial charge in [-0.2, -0.15) is 0 Å². The first-order valence-corrected chi connectivity index (χ1v) is 7.75. The molecule has 2 amide bonds. The first kappa shape index (κ1) is 16.2. The number of ether oxygens (including phenoxy) is 1. The zero-order chi connectivity index (χ0) is 15.8. The highest BCUT2D eigenvalue weighted by Gasteiger charge is 2.71. The molecule has 2 rings (SSSR count). The fourth-order valence-electron chi connectivity index (χ4n) is 3.87. The second kappa shape index (κ2) is 5.57. The van der Waals surface area contributed by atoms with E-state index < -0.39 is 16.9 Å². The number of carbonyl (C=O) groups excluding carboxylic acids is 2. The van der Waals surface area contributed by atoms with Crippen LogP contribution >= 0.6 is 0 Å². The third-order valence-electron chi connectivity index (χ3n) is 5.22. The van der Waals surface area contributed by atoms with Gasteiger partial charge < -0.3 is 21.1 Å². The minimum absolute atomic E-state index is 0.0352. The van der Waals surface area contributed by atoms with E-state index in [0.29, 0.717) is 13.2 Å². The zero-order valence-electron chi connectivity index (χ0n) is 13.2. The summed E-state index contributed by atoms with van der Waals surface area (Å²) in [5.74, 6) is -0.622. The smallest absolute Gasteiger partial charge is 0.244 e. The largest absolute Gasteiger partial charge is 0.377 e. The Morgan fingerprint density at radius 1 is 1.38 bits per heavy atom. The Morgan fingerprint density at radius 2 is 2.05 bits per heavy atom. The van der Waals surface area contributed by atoms with Crippen molar-refractivity contribution in [1.29, 1.82) is 0 Å². The summed E-state index contributed by atoms with van der Waals surface area (Å²) in [6.07, 6.45) is 2.61. The molecule has 0 radical (unpaired) electrons. The predicted molar refractivity (Wildman–Crippen MR) is 79.2 cm³/mol.